The summed E-state index contributed by atoms with van der Waals surface area (Å²) in [6.45, 7) is 1.82. The van der Waals surface area contributed by atoms with Crippen molar-refractivity contribution in [1.82, 2.24) is 9.62 Å². The van der Waals surface area contributed by atoms with Gasteiger partial charge in [0.05, 0.1) is 25.0 Å². The number of methoxy groups -OCH3 is 1. The zero-order chi connectivity index (χ0) is 21.4. The quantitative estimate of drug-likeness (QED) is 0.616. The lowest BCUT2D eigenvalue weighted by molar-refractivity contribution is -0.120. The highest BCUT2D eigenvalue weighted by Gasteiger charge is 2.25. The maximum Gasteiger partial charge on any atom is 0.243 e. The predicted molar refractivity (Wildman–Crippen MR) is 114 cm³/mol. The molecule has 0 unspecified atom stereocenters. The Morgan fingerprint density at radius 1 is 1.00 bits per heavy atom. The van der Waals surface area contributed by atoms with Crippen LogP contribution in [0.5, 0.6) is 11.5 Å². The van der Waals surface area contributed by atoms with Crippen molar-refractivity contribution in [3.8, 4) is 11.5 Å². The minimum absolute atomic E-state index is 0.148. The number of para-hydroxylation sites is 2. The lowest BCUT2D eigenvalue weighted by Gasteiger charge is -2.25. The number of hydrogen-bond acceptors (Lipinski definition) is 5. The SMILES string of the molecule is COc1ccccc1OCCNC(=O)Cc1ccc(S(=O)(=O)N2CCCCC2)cc1. The molecule has 0 atom stereocenters. The van der Waals surface area contributed by atoms with Crippen molar-refractivity contribution >= 4 is 15.9 Å². The minimum atomic E-state index is -3.45. The van der Waals surface area contributed by atoms with Crippen LogP contribution in [-0.4, -0.2) is 52.0 Å². The van der Waals surface area contributed by atoms with Gasteiger partial charge in [-0.2, -0.15) is 4.31 Å². The van der Waals surface area contributed by atoms with Crippen molar-refractivity contribution < 1.29 is 22.7 Å². The van der Waals surface area contributed by atoms with E-state index >= 15 is 0 Å². The molecule has 0 bridgehead atoms. The molecule has 3 rings (SSSR count). The average molecular weight is 433 g/mol. The fourth-order valence-corrected chi connectivity index (χ4v) is 4.89. The van der Waals surface area contributed by atoms with Crippen molar-refractivity contribution in [1.29, 1.82) is 0 Å². The van der Waals surface area contributed by atoms with Crippen LogP contribution in [0.25, 0.3) is 0 Å². The maximum absolute atomic E-state index is 12.7. The molecular weight excluding hydrogens is 404 g/mol. The molecule has 1 aliphatic rings. The predicted octanol–water partition coefficient (Wildman–Crippen LogP) is 2.61. The van der Waals surface area contributed by atoms with Crippen LogP contribution in [0.3, 0.4) is 0 Å². The lowest BCUT2D eigenvalue weighted by atomic mass is 10.1. The molecule has 2 aromatic carbocycles. The highest BCUT2D eigenvalue weighted by atomic mass is 32.2. The summed E-state index contributed by atoms with van der Waals surface area (Å²) in [5.41, 5.74) is 0.760. The molecule has 0 spiro atoms. The number of rotatable bonds is 9. The molecule has 0 aliphatic carbocycles. The molecule has 0 aromatic heterocycles. The van der Waals surface area contributed by atoms with E-state index in [1.54, 1.807) is 41.7 Å². The van der Waals surface area contributed by atoms with E-state index in [1.165, 1.54) is 0 Å². The maximum atomic E-state index is 12.7. The Kier molecular flexibility index (Phi) is 7.70. The lowest BCUT2D eigenvalue weighted by Crippen LogP contribution is -2.35. The second kappa shape index (κ2) is 10.4. The number of hydrogen-bond donors (Lipinski definition) is 1. The minimum Gasteiger partial charge on any atom is -0.493 e. The number of nitrogens with zero attached hydrogens (tertiary/aromatic N) is 1. The van der Waals surface area contributed by atoms with Crippen molar-refractivity contribution in [2.45, 2.75) is 30.6 Å². The second-order valence-corrected chi connectivity index (χ2v) is 9.07. The number of ether oxygens (including phenoxy) is 2. The van der Waals surface area contributed by atoms with E-state index in [1.807, 2.05) is 18.2 Å². The molecule has 1 saturated heterocycles. The Balaban J connectivity index is 1.46. The third kappa shape index (κ3) is 5.73. The summed E-state index contributed by atoms with van der Waals surface area (Å²) >= 11 is 0. The molecule has 1 fully saturated rings. The van der Waals surface area contributed by atoms with Crippen LogP contribution in [0.1, 0.15) is 24.8 Å². The van der Waals surface area contributed by atoms with E-state index in [2.05, 4.69) is 5.32 Å². The second-order valence-electron chi connectivity index (χ2n) is 7.13. The zero-order valence-electron chi connectivity index (χ0n) is 17.2. The number of nitrogens with one attached hydrogen (secondary N) is 1. The molecule has 0 radical (unpaired) electrons. The Morgan fingerprint density at radius 3 is 2.33 bits per heavy atom. The molecule has 1 N–H and O–H groups in total. The molecule has 162 valence electrons. The number of amides is 1. The molecule has 30 heavy (non-hydrogen) atoms. The Morgan fingerprint density at radius 2 is 1.67 bits per heavy atom. The van der Waals surface area contributed by atoms with Gasteiger partial charge in [-0.25, -0.2) is 8.42 Å². The van der Waals surface area contributed by atoms with Crippen molar-refractivity contribution in [2.24, 2.45) is 0 Å². The van der Waals surface area contributed by atoms with Crippen molar-refractivity contribution in [2.75, 3.05) is 33.4 Å². The number of benzene rings is 2. The van der Waals surface area contributed by atoms with Crippen molar-refractivity contribution in [3.63, 3.8) is 0 Å². The molecule has 7 nitrogen and oxygen atoms in total. The topological polar surface area (TPSA) is 84.9 Å². The van der Waals surface area contributed by atoms with E-state index in [4.69, 9.17) is 9.47 Å². The molecule has 2 aromatic rings. The zero-order valence-corrected chi connectivity index (χ0v) is 18.0. The summed E-state index contributed by atoms with van der Waals surface area (Å²) in [5.74, 6) is 1.12. The van der Waals surface area contributed by atoms with Crippen LogP contribution in [0.4, 0.5) is 0 Å². The van der Waals surface area contributed by atoms with Crippen LogP contribution in [0.15, 0.2) is 53.4 Å². The van der Waals surface area contributed by atoms with Gasteiger partial charge in [0.25, 0.3) is 0 Å². The smallest absolute Gasteiger partial charge is 0.243 e. The summed E-state index contributed by atoms with van der Waals surface area (Å²) in [5, 5.41) is 2.80. The Bertz CT molecular complexity index is 938. The highest BCUT2D eigenvalue weighted by Crippen LogP contribution is 2.25. The van der Waals surface area contributed by atoms with E-state index in [-0.39, 0.29) is 17.2 Å². The normalized spacial score (nSPS) is 14.8. The van der Waals surface area contributed by atoms with Crippen molar-refractivity contribution in [3.05, 3.63) is 54.1 Å². The van der Waals surface area contributed by atoms with E-state index in [0.717, 1.165) is 24.8 Å². The number of carbonyl (C=O) groups is 1. The molecule has 1 heterocycles. The van der Waals surface area contributed by atoms with Crippen LogP contribution in [0, 0.1) is 0 Å². The van der Waals surface area contributed by atoms with Gasteiger partial charge < -0.3 is 14.8 Å². The van der Waals surface area contributed by atoms with Gasteiger partial charge in [-0.1, -0.05) is 30.7 Å². The number of carbonyl (C=O) groups excluding carboxylic acids is 1. The van der Waals surface area contributed by atoms with Gasteiger partial charge in [0, 0.05) is 13.1 Å². The van der Waals surface area contributed by atoms with Crippen LogP contribution in [0.2, 0.25) is 0 Å². The Hall–Kier alpha value is -2.58. The molecule has 0 saturated carbocycles. The van der Waals surface area contributed by atoms with Gasteiger partial charge in [0.15, 0.2) is 11.5 Å². The number of piperidine rings is 1. The van der Waals surface area contributed by atoms with E-state index < -0.39 is 10.0 Å². The fourth-order valence-electron chi connectivity index (χ4n) is 3.37. The fraction of sp³-hybridized carbons (Fsp3) is 0.409. The van der Waals surface area contributed by atoms with Gasteiger partial charge in [0.2, 0.25) is 15.9 Å². The summed E-state index contributed by atoms with van der Waals surface area (Å²) in [6, 6.07) is 13.9. The summed E-state index contributed by atoms with van der Waals surface area (Å²) < 4.78 is 37.7. The van der Waals surface area contributed by atoms with Crippen LogP contribution < -0.4 is 14.8 Å². The first-order valence-electron chi connectivity index (χ1n) is 10.1. The van der Waals surface area contributed by atoms with E-state index in [0.29, 0.717) is 37.7 Å². The highest BCUT2D eigenvalue weighted by molar-refractivity contribution is 7.89. The standard InChI is InChI=1S/C22H28N2O5S/c1-28-20-7-3-4-8-21(20)29-16-13-23-22(25)17-18-9-11-19(12-10-18)30(26,27)24-14-5-2-6-15-24/h3-4,7-12H,2,5-6,13-17H2,1H3,(H,23,25). The molecular formula is C22H28N2O5S. The molecule has 1 aliphatic heterocycles. The van der Waals surface area contributed by atoms with Gasteiger partial charge in [-0.05, 0) is 42.7 Å². The molecule has 1 amide bonds. The van der Waals surface area contributed by atoms with Crippen LogP contribution in [-0.2, 0) is 21.2 Å². The first kappa shape index (κ1) is 22.1. The summed E-state index contributed by atoms with van der Waals surface area (Å²) in [6.07, 6.45) is 3.05. The van der Waals surface area contributed by atoms with E-state index in [9.17, 15) is 13.2 Å². The summed E-state index contributed by atoms with van der Waals surface area (Å²) in [7, 11) is -1.87. The van der Waals surface area contributed by atoms with Crippen LogP contribution >= 0.6 is 0 Å². The molecule has 8 heteroatoms. The Labute approximate surface area is 178 Å². The van der Waals surface area contributed by atoms with Gasteiger partial charge in [0.1, 0.15) is 6.61 Å². The van der Waals surface area contributed by atoms with Gasteiger partial charge in [-0.3, -0.25) is 4.79 Å². The first-order chi connectivity index (χ1) is 14.5. The average Bonchev–Trinajstić information content (AvgIpc) is 2.78. The monoisotopic (exact) mass is 432 g/mol. The summed E-state index contributed by atoms with van der Waals surface area (Å²) in [4.78, 5) is 12.4. The third-order valence-electron chi connectivity index (χ3n) is 4.99. The van der Waals surface area contributed by atoms with Gasteiger partial charge in [-0.15, -0.1) is 0 Å². The first-order valence-corrected chi connectivity index (χ1v) is 11.6. The largest absolute Gasteiger partial charge is 0.493 e. The third-order valence-corrected chi connectivity index (χ3v) is 6.90. The number of sulfonamides is 1. The van der Waals surface area contributed by atoms with Gasteiger partial charge >= 0.3 is 0 Å².